The summed E-state index contributed by atoms with van der Waals surface area (Å²) in [5.74, 6) is 0.0301. The van der Waals surface area contributed by atoms with E-state index in [0.29, 0.717) is 0 Å². The van der Waals surface area contributed by atoms with Crippen molar-refractivity contribution in [1.29, 1.82) is 0 Å². The van der Waals surface area contributed by atoms with Gasteiger partial charge in [0, 0.05) is 5.92 Å². The van der Waals surface area contributed by atoms with E-state index >= 15 is 0 Å². The van der Waals surface area contributed by atoms with Crippen molar-refractivity contribution >= 4 is 0 Å². The standard InChI is InChI=1S/C9H17FO/c1-5-8-6(2)9(4,10)7(3)11-8/h6-8H,5H2,1-4H3/t6-,7?,8+,9?/m0/s1. The van der Waals surface area contributed by atoms with E-state index in [9.17, 15) is 4.39 Å². The molecule has 1 aliphatic heterocycles. The maximum atomic E-state index is 13.7. The van der Waals surface area contributed by atoms with Crippen molar-refractivity contribution in [2.45, 2.75) is 52.0 Å². The fraction of sp³-hybridized carbons (Fsp3) is 1.00. The Balaban J connectivity index is 2.71. The molecule has 2 unspecified atom stereocenters. The Kier molecular flexibility index (Phi) is 2.24. The Morgan fingerprint density at radius 2 is 2.00 bits per heavy atom. The van der Waals surface area contributed by atoms with Crippen LogP contribution in [0.4, 0.5) is 4.39 Å². The molecule has 1 fully saturated rings. The van der Waals surface area contributed by atoms with Crippen LogP contribution in [0.2, 0.25) is 0 Å². The number of hydrogen-bond donors (Lipinski definition) is 0. The lowest BCUT2D eigenvalue weighted by Gasteiger charge is -2.21. The van der Waals surface area contributed by atoms with Gasteiger partial charge in [-0.15, -0.1) is 0 Å². The molecule has 11 heavy (non-hydrogen) atoms. The molecule has 0 amide bonds. The van der Waals surface area contributed by atoms with Crippen molar-refractivity contribution in [1.82, 2.24) is 0 Å². The summed E-state index contributed by atoms with van der Waals surface area (Å²) in [4.78, 5) is 0. The molecule has 0 N–H and O–H groups in total. The maximum Gasteiger partial charge on any atom is 0.139 e. The van der Waals surface area contributed by atoms with Gasteiger partial charge < -0.3 is 4.74 Å². The van der Waals surface area contributed by atoms with Crippen LogP contribution < -0.4 is 0 Å². The van der Waals surface area contributed by atoms with Crippen molar-refractivity contribution < 1.29 is 9.13 Å². The molecule has 0 aromatic heterocycles. The summed E-state index contributed by atoms with van der Waals surface area (Å²) in [5.41, 5.74) is -1.14. The number of ether oxygens (including phenoxy) is 1. The van der Waals surface area contributed by atoms with Crippen molar-refractivity contribution in [2.75, 3.05) is 0 Å². The zero-order valence-electron chi connectivity index (χ0n) is 7.73. The van der Waals surface area contributed by atoms with Gasteiger partial charge >= 0.3 is 0 Å². The third kappa shape index (κ3) is 1.28. The Hall–Kier alpha value is -0.110. The van der Waals surface area contributed by atoms with Crippen LogP contribution in [-0.2, 0) is 4.74 Å². The maximum absolute atomic E-state index is 13.7. The number of hydrogen-bond acceptors (Lipinski definition) is 1. The van der Waals surface area contributed by atoms with Crippen LogP contribution in [0, 0.1) is 5.92 Å². The Morgan fingerprint density at radius 1 is 1.45 bits per heavy atom. The highest BCUT2D eigenvalue weighted by molar-refractivity contribution is 4.96. The van der Waals surface area contributed by atoms with E-state index < -0.39 is 5.67 Å². The minimum atomic E-state index is -1.14. The number of halogens is 1. The van der Waals surface area contributed by atoms with Crippen LogP contribution in [0.5, 0.6) is 0 Å². The van der Waals surface area contributed by atoms with Crippen LogP contribution in [0.1, 0.15) is 34.1 Å². The first-order valence-electron chi connectivity index (χ1n) is 4.34. The molecule has 66 valence electrons. The zero-order valence-corrected chi connectivity index (χ0v) is 7.73. The van der Waals surface area contributed by atoms with E-state index in [2.05, 4.69) is 0 Å². The average molecular weight is 160 g/mol. The smallest absolute Gasteiger partial charge is 0.139 e. The van der Waals surface area contributed by atoms with E-state index in [1.807, 2.05) is 20.8 Å². The minimum Gasteiger partial charge on any atom is -0.372 e. The molecule has 4 atom stereocenters. The van der Waals surface area contributed by atoms with Crippen molar-refractivity contribution in [3.8, 4) is 0 Å². The molecular weight excluding hydrogens is 143 g/mol. The van der Waals surface area contributed by atoms with Gasteiger partial charge in [0.1, 0.15) is 5.67 Å². The molecule has 1 nitrogen and oxygen atoms in total. The third-order valence-electron chi connectivity index (χ3n) is 3.02. The molecule has 0 aromatic carbocycles. The molecular formula is C9H17FO. The SMILES string of the molecule is CC[C@H]1OC(C)C(C)(F)[C@H]1C. The lowest BCUT2D eigenvalue weighted by molar-refractivity contribution is 0.0147. The Bertz CT molecular complexity index is 144. The van der Waals surface area contributed by atoms with Gasteiger partial charge in [-0.05, 0) is 20.3 Å². The molecule has 0 bridgehead atoms. The summed E-state index contributed by atoms with van der Waals surface area (Å²) >= 11 is 0. The largest absolute Gasteiger partial charge is 0.372 e. The summed E-state index contributed by atoms with van der Waals surface area (Å²) in [6.45, 7) is 7.41. The predicted octanol–water partition coefficient (Wildman–Crippen LogP) is 2.55. The fourth-order valence-electron chi connectivity index (χ4n) is 1.70. The van der Waals surface area contributed by atoms with Gasteiger partial charge in [-0.3, -0.25) is 0 Å². The summed E-state index contributed by atoms with van der Waals surface area (Å²) in [6, 6.07) is 0. The molecule has 0 saturated carbocycles. The molecule has 0 radical (unpaired) electrons. The highest BCUT2D eigenvalue weighted by atomic mass is 19.1. The number of alkyl halides is 1. The molecule has 1 heterocycles. The molecule has 0 aliphatic carbocycles. The van der Waals surface area contributed by atoms with Crippen LogP contribution in [0.15, 0.2) is 0 Å². The second-order valence-electron chi connectivity index (χ2n) is 3.66. The van der Waals surface area contributed by atoms with Crippen LogP contribution in [0.25, 0.3) is 0 Å². The molecule has 0 spiro atoms. The van der Waals surface area contributed by atoms with Gasteiger partial charge in [-0.1, -0.05) is 13.8 Å². The van der Waals surface area contributed by atoms with Gasteiger partial charge in [0.05, 0.1) is 12.2 Å². The van der Waals surface area contributed by atoms with Crippen molar-refractivity contribution in [3.63, 3.8) is 0 Å². The van der Waals surface area contributed by atoms with E-state index in [-0.39, 0.29) is 18.1 Å². The first-order chi connectivity index (χ1) is 5.00. The molecule has 1 rings (SSSR count). The Morgan fingerprint density at radius 3 is 2.18 bits per heavy atom. The van der Waals surface area contributed by atoms with Crippen LogP contribution in [0.3, 0.4) is 0 Å². The van der Waals surface area contributed by atoms with E-state index in [1.54, 1.807) is 6.92 Å². The van der Waals surface area contributed by atoms with Gasteiger partial charge in [-0.25, -0.2) is 4.39 Å². The van der Waals surface area contributed by atoms with E-state index in [0.717, 1.165) is 6.42 Å². The van der Waals surface area contributed by atoms with Gasteiger partial charge in [0.15, 0.2) is 0 Å². The zero-order chi connectivity index (χ0) is 8.65. The van der Waals surface area contributed by atoms with E-state index in [4.69, 9.17) is 4.74 Å². The van der Waals surface area contributed by atoms with Crippen LogP contribution >= 0.6 is 0 Å². The minimum absolute atomic E-state index is 0.0301. The summed E-state index contributed by atoms with van der Waals surface area (Å²) in [5, 5.41) is 0. The Labute approximate surface area is 67.9 Å². The van der Waals surface area contributed by atoms with Crippen LogP contribution in [-0.4, -0.2) is 17.9 Å². The topological polar surface area (TPSA) is 9.23 Å². The monoisotopic (exact) mass is 160 g/mol. The second-order valence-corrected chi connectivity index (χ2v) is 3.66. The first kappa shape index (κ1) is 8.98. The summed E-state index contributed by atoms with van der Waals surface area (Å²) < 4.78 is 19.2. The summed E-state index contributed by atoms with van der Waals surface area (Å²) in [7, 11) is 0. The van der Waals surface area contributed by atoms with Gasteiger partial charge in [0.2, 0.25) is 0 Å². The lowest BCUT2D eigenvalue weighted by Crippen LogP contribution is -2.33. The number of rotatable bonds is 1. The molecule has 1 saturated heterocycles. The van der Waals surface area contributed by atoms with Gasteiger partial charge in [-0.2, -0.15) is 0 Å². The van der Waals surface area contributed by atoms with Crippen molar-refractivity contribution in [3.05, 3.63) is 0 Å². The lowest BCUT2D eigenvalue weighted by atomic mass is 9.87. The molecule has 1 aliphatic rings. The predicted molar refractivity (Wildman–Crippen MR) is 43.3 cm³/mol. The molecule has 2 heteroatoms. The average Bonchev–Trinajstić information content (AvgIpc) is 2.14. The molecule has 0 aromatic rings. The van der Waals surface area contributed by atoms with E-state index in [1.165, 1.54) is 0 Å². The fourth-order valence-corrected chi connectivity index (χ4v) is 1.70. The quantitative estimate of drug-likeness (QED) is 0.572. The highest BCUT2D eigenvalue weighted by Gasteiger charge is 2.48. The normalized spacial score (nSPS) is 51.5. The van der Waals surface area contributed by atoms with Gasteiger partial charge in [0.25, 0.3) is 0 Å². The van der Waals surface area contributed by atoms with Crippen molar-refractivity contribution in [2.24, 2.45) is 5.92 Å². The second kappa shape index (κ2) is 2.74. The summed E-state index contributed by atoms with van der Waals surface area (Å²) in [6.07, 6.45) is 0.771. The third-order valence-corrected chi connectivity index (χ3v) is 3.02. The highest BCUT2D eigenvalue weighted by Crippen LogP contribution is 2.39. The first-order valence-corrected chi connectivity index (χ1v) is 4.34.